The average molecular weight is 637 g/mol. The summed E-state index contributed by atoms with van der Waals surface area (Å²) in [4.78, 5) is 36.8. The number of aryl methyl sites for hydroxylation is 1. The molecule has 11 nitrogen and oxygen atoms in total. The van der Waals surface area contributed by atoms with E-state index in [1.165, 1.54) is 6.20 Å². The molecule has 0 spiro atoms. The van der Waals surface area contributed by atoms with Crippen molar-refractivity contribution in [1.29, 1.82) is 0 Å². The van der Waals surface area contributed by atoms with Gasteiger partial charge < -0.3 is 30.7 Å². The van der Waals surface area contributed by atoms with Gasteiger partial charge in [-0.05, 0) is 51.5 Å². The number of aliphatic imine (C=N–C) groups is 1. The van der Waals surface area contributed by atoms with E-state index in [0.29, 0.717) is 54.8 Å². The van der Waals surface area contributed by atoms with E-state index in [0.717, 1.165) is 41.6 Å². The summed E-state index contributed by atoms with van der Waals surface area (Å²) in [6, 6.07) is 2.19. The molecule has 46 heavy (non-hydrogen) atoms. The first kappa shape index (κ1) is 36.8. The fourth-order valence-corrected chi connectivity index (χ4v) is 6.06. The van der Waals surface area contributed by atoms with Crippen LogP contribution in [0.15, 0.2) is 64.5 Å². The number of nitrogens with two attached hydrogens (primary N) is 1. The summed E-state index contributed by atoms with van der Waals surface area (Å²) in [6.07, 6.45) is 15.3. The molecule has 5 N–H and O–H groups in total. The van der Waals surface area contributed by atoms with Crippen molar-refractivity contribution in [1.82, 2.24) is 15.2 Å². The topological polar surface area (TPSA) is 142 Å². The SMILES string of the molecule is CCC1C=CC(/C(C=NC)=C/N)=CC(C)[N+]1(C)CCC=C(C)C(=O)Nc1cc(C(=O)NCCN2CCOC(C)(CO)C2)cnc1C. The van der Waals surface area contributed by atoms with Gasteiger partial charge in [-0.3, -0.25) is 24.5 Å². The number of anilines is 1. The number of aliphatic hydroxyl groups is 1. The van der Waals surface area contributed by atoms with Crippen LogP contribution in [0.1, 0.15) is 56.6 Å². The van der Waals surface area contributed by atoms with Crippen LogP contribution in [0.4, 0.5) is 5.69 Å². The average Bonchev–Trinajstić information content (AvgIpc) is 3.16. The van der Waals surface area contributed by atoms with E-state index in [9.17, 15) is 14.7 Å². The molecule has 3 heterocycles. The Morgan fingerprint density at radius 2 is 2.13 bits per heavy atom. The Kier molecular flexibility index (Phi) is 13.4. The number of nitrogens with one attached hydrogen (secondary N) is 2. The normalized spacial score (nSPS) is 26.1. The first-order chi connectivity index (χ1) is 21.9. The second-order valence-electron chi connectivity index (χ2n) is 12.8. The molecule has 3 rings (SSSR count). The Bertz CT molecular complexity index is 1380. The van der Waals surface area contributed by atoms with E-state index >= 15 is 0 Å². The lowest BCUT2D eigenvalue weighted by Gasteiger charge is -2.43. The number of carbonyl (C=O) groups excluding carboxylic acids is 2. The van der Waals surface area contributed by atoms with Gasteiger partial charge in [-0.15, -0.1) is 0 Å². The highest BCUT2D eigenvalue weighted by Crippen LogP contribution is 2.28. The molecule has 0 bridgehead atoms. The second kappa shape index (κ2) is 16.8. The van der Waals surface area contributed by atoms with Crippen molar-refractivity contribution in [2.45, 2.75) is 65.1 Å². The van der Waals surface area contributed by atoms with Crippen molar-refractivity contribution in [2.75, 3.05) is 65.3 Å². The first-order valence-electron chi connectivity index (χ1n) is 16.2. The van der Waals surface area contributed by atoms with E-state index in [1.54, 1.807) is 32.5 Å². The largest absolute Gasteiger partial charge is 0.404 e. The van der Waals surface area contributed by atoms with Crippen molar-refractivity contribution in [3.63, 3.8) is 0 Å². The van der Waals surface area contributed by atoms with Gasteiger partial charge in [-0.1, -0.05) is 19.1 Å². The maximum atomic E-state index is 13.2. The molecule has 0 radical (unpaired) electrons. The van der Waals surface area contributed by atoms with Crippen LogP contribution in [0.25, 0.3) is 0 Å². The smallest absolute Gasteiger partial charge is 0.252 e. The van der Waals surface area contributed by atoms with Crippen LogP contribution in [0.5, 0.6) is 0 Å². The summed E-state index contributed by atoms with van der Waals surface area (Å²) in [5.74, 6) is -0.483. The number of amides is 2. The summed E-state index contributed by atoms with van der Waals surface area (Å²) < 4.78 is 6.47. The number of allylic oxidation sites excluding steroid dienone is 3. The van der Waals surface area contributed by atoms with Gasteiger partial charge in [0, 0.05) is 75.8 Å². The number of hydrogen-bond donors (Lipinski definition) is 4. The summed E-state index contributed by atoms with van der Waals surface area (Å²) >= 11 is 0. The van der Waals surface area contributed by atoms with Crippen molar-refractivity contribution >= 4 is 23.7 Å². The summed E-state index contributed by atoms with van der Waals surface area (Å²) in [6.45, 7) is 13.7. The molecule has 1 aromatic heterocycles. The van der Waals surface area contributed by atoms with Crippen molar-refractivity contribution < 1.29 is 23.9 Å². The highest BCUT2D eigenvalue weighted by Gasteiger charge is 2.36. The zero-order chi connectivity index (χ0) is 33.9. The van der Waals surface area contributed by atoms with Crippen LogP contribution in [0, 0.1) is 6.92 Å². The van der Waals surface area contributed by atoms with Crippen LogP contribution >= 0.6 is 0 Å². The number of nitrogens with zero attached hydrogens (tertiary/aromatic N) is 4. The number of ether oxygens (including phenoxy) is 1. The third kappa shape index (κ3) is 9.45. The molecular weight excluding hydrogens is 582 g/mol. The Hall–Kier alpha value is -3.64. The highest BCUT2D eigenvalue weighted by atomic mass is 16.5. The molecule has 1 fully saturated rings. The number of aromatic nitrogens is 1. The Morgan fingerprint density at radius 3 is 2.80 bits per heavy atom. The first-order valence-corrected chi connectivity index (χ1v) is 16.2. The fourth-order valence-electron chi connectivity index (χ4n) is 6.06. The predicted molar refractivity (Wildman–Crippen MR) is 185 cm³/mol. The molecule has 11 heteroatoms. The van der Waals surface area contributed by atoms with E-state index in [-0.39, 0.29) is 24.5 Å². The minimum absolute atomic E-state index is 0.0505. The molecule has 2 aliphatic heterocycles. The van der Waals surface area contributed by atoms with E-state index in [1.807, 2.05) is 19.9 Å². The number of carbonyl (C=O) groups is 2. The lowest BCUT2D eigenvalue weighted by Crippen LogP contribution is -2.56. The van der Waals surface area contributed by atoms with Gasteiger partial charge in [0.1, 0.15) is 17.7 Å². The van der Waals surface area contributed by atoms with Gasteiger partial charge >= 0.3 is 0 Å². The lowest BCUT2D eigenvalue weighted by atomic mass is 10.0. The van der Waals surface area contributed by atoms with Crippen LogP contribution in [0.3, 0.4) is 0 Å². The number of pyridine rings is 1. The molecule has 1 aromatic rings. The van der Waals surface area contributed by atoms with Gasteiger partial charge in [0.15, 0.2) is 0 Å². The maximum absolute atomic E-state index is 13.2. The van der Waals surface area contributed by atoms with Gasteiger partial charge in [-0.2, -0.15) is 0 Å². The number of quaternary nitrogens is 1. The number of rotatable bonds is 13. The van der Waals surface area contributed by atoms with E-state index in [2.05, 4.69) is 64.6 Å². The van der Waals surface area contributed by atoms with Crippen molar-refractivity contribution in [3.05, 3.63) is 70.7 Å². The van der Waals surface area contributed by atoms with Crippen molar-refractivity contribution in [2.24, 2.45) is 10.7 Å². The minimum Gasteiger partial charge on any atom is -0.404 e. The van der Waals surface area contributed by atoms with Crippen LogP contribution in [0.2, 0.25) is 0 Å². The minimum atomic E-state index is -0.582. The zero-order valence-corrected chi connectivity index (χ0v) is 28.7. The standard InChI is InChI=1S/C35H53N7O4/c1-8-31-12-11-28(30(20-36)21-37-6)18-26(3)42(31,7)16-9-10-25(2)33(44)40-32-19-29(22-39-27(32)4)34(45)38-13-14-41-15-17-46-35(5,23-41)24-43/h10-12,18-22,26,31,43H,8-9,13-17,23-24H2,1-7H3,(H3-,36,37,38,40,44,45)/p+1. The van der Waals surface area contributed by atoms with Gasteiger partial charge in [0.2, 0.25) is 0 Å². The Balaban J connectivity index is 1.61. The number of hydrogen-bond acceptors (Lipinski definition) is 8. The van der Waals surface area contributed by atoms with Gasteiger partial charge in [-0.25, -0.2) is 0 Å². The molecule has 0 aromatic carbocycles. The summed E-state index contributed by atoms with van der Waals surface area (Å²) in [5, 5.41) is 15.5. The zero-order valence-electron chi connectivity index (χ0n) is 28.7. The molecule has 0 aliphatic carbocycles. The maximum Gasteiger partial charge on any atom is 0.252 e. The third-order valence-electron chi connectivity index (χ3n) is 9.29. The number of morpholine rings is 1. The van der Waals surface area contributed by atoms with Gasteiger partial charge in [0.25, 0.3) is 11.8 Å². The fraction of sp³-hybridized carbons (Fsp3) is 0.543. The number of likely N-dealkylation sites (N-methyl/N-ethyl adjacent to an activating group) is 1. The molecular formula is C35H54N7O4+. The summed E-state index contributed by atoms with van der Waals surface area (Å²) in [5.41, 5.74) is 9.39. The van der Waals surface area contributed by atoms with E-state index in [4.69, 9.17) is 10.5 Å². The molecule has 252 valence electrons. The quantitative estimate of drug-likeness (QED) is 0.148. The molecule has 4 unspecified atom stereocenters. The molecule has 2 aliphatic rings. The monoisotopic (exact) mass is 636 g/mol. The molecule has 0 saturated carbocycles. The number of aliphatic hydroxyl groups excluding tert-OH is 1. The predicted octanol–water partition coefficient (Wildman–Crippen LogP) is 3.13. The lowest BCUT2D eigenvalue weighted by molar-refractivity contribution is -0.942. The second-order valence-corrected chi connectivity index (χ2v) is 12.8. The molecule has 2 amide bonds. The highest BCUT2D eigenvalue weighted by molar-refractivity contribution is 6.04. The third-order valence-corrected chi connectivity index (χ3v) is 9.29. The van der Waals surface area contributed by atoms with Gasteiger partial charge in [0.05, 0.1) is 43.8 Å². The van der Waals surface area contributed by atoms with Crippen molar-refractivity contribution in [3.8, 4) is 0 Å². The Morgan fingerprint density at radius 1 is 1.37 bits per heavy atom. The van der Waals surface area contributed by atoms with Crippen LogP contribution < -0.4 is 16.4 Å². The van der Waals surface area contributed by atoms with Crippen LogP contribution in [-0.4, -0.2) is 115 Å². The van der Waals surface area contributed by atoms with E-state index < -0.39 is 5.60 Å². The summed E-state index contributed by atoms with van der Waals surface area (Å²) in [7, 11) is 4.01. The Labute approximate surface area is 274 Å². The van der Waals surface area contributed by atoms with Crippen LogP contribution in [-0.2, 0) is 9.53 Å². The molecule has 4 atom stereocenters. The molecule has 1 saturated heterocycles.